The molecule has 2 amide bonds. The van der Waals surface area contributed by atoms with Crippen LogP contribution in [0.2, 0.25) is 0 Å². The Balaban J connectivity index is 1.47. The highest BCUT2D eigenvalue weighted by Gasteiger charge is 2.34. The lowest BCUT2D eigenvalue weighted by molar-refractivity contribution is -0.120. The van der Waals surface area contributed by atoms with Gasteiger partial charge in [-0.15, -0.1) is 0 Å². The molecule has 2 fully saturated rings. The van der Waals surface area contributed by atoms with Crippen molar-refractivity contribution < 1.29 is 18.0 Å². The van der Waals surface area contributed by atoms with Crippen molar-refractivity contribution in [3.05, 3.63) is 59.7 Å². The fourth-order valence-corrected chi connectivity index (χ4v) is 5.86. The number of amides is 2. The normalized spacial score (nSPS) is 19.7. The second-order valence-electron chi connectivity index (χ2n) is 8.55. The molecule has 0 aromatic heterocycles. The van der Waals surface area contributed by atoms with E-state index in [1.807, 2.05) is 11.8 Å². The van der Waals surface area contributed by atoms with Crippen LogP contribution >= 0.6 is 0 Å². The van der Waals surface area contributed by atoms with Gasteiger partial charge in [-0.2, -0.15) is 4.31 Å². The Kier molecular flexibility index (Phi) is 6.62. The van der Waals surface area contributed by atoms with Crippen molar-refractivity contribution in [3.63, 3.8) is 0 Å². The molecule has 0 spiro atoms. The third kappa shape index (κ3) is 4.71. The molecule has 2 aromatic rings. The molecule has 32 heavy (non-hydrogen) atoms. The maximum absolute atomic E-state index is 13.1. The van der Waals surface area contributed by atoms with E-state index in [1.165, 1.54) is 4.31 Å². The molecule has 0 radical (unpaired) electrons. The van der Waals surface area contributed by atoms with E-state index in [2.05, 4.69) is 5.32 Å². The molecule has 2 heterocycles. The highest BCUT2D eigenvalue weighted by molar-refractivity contribution is 7.89. The average molecular weight is 456 g/mol. The summed E-state index contributed by atoms with van der Waals surface area (Å²) in [5, 5.41) is 2.90. The van der Waals surface area contributed by atoms with Crippen LogP contribution in [0.15, 0.2) is 53.4 Å². The van der Waals surface area contributed by atoms with Crippen LogP contribution in [0.4, 0.5) is 5.69 Å². The van der Waals surface area contributed by atoms with Gasteiger partial charge in [0.25, 0.3) is 5.91 Å². The number of nitrogens with zero attached hydrogens (tertiary/aromatic N) is 2. The van der Waals surface area contributed by atoms with Crippen LogP contribution in [-0.4, -0.2) is 55.6 Å². The Morgan fingerprint density at radius 3 is 2.34 bits per heavy atom. The lowest BCUT2D eigenvalue weighted by atomic mass is 9.98. The molecule has 4 rings (SSSR count). The topological polar surface area (TPSA) is 86.8 Å². The highest BCUT2D eigenvalue weighted by atomic mass is 32.2. The molecule has 2 saturated heterocycles. The number of rotatable bonds is 5. The number of sulfonamides is 1. The van der Waals surface area contributed by atoms with Gasteiger partial charge in [0, 0.05) is 26.2 Å². The summed E-state index contributed by atoms with van der Waals surface area (Å²) < 4.78 is 27.5. The average Bonchev–Trinajstić information content (AvgIpc) is 3.34. The van der Waals surface area contributed by atoms with Gasteiger partial charge >= 0.3 is 0 Å². The number of para-hydroxylation sites is 1. The molecule has 2 aliphatic heterocycles. The Morgan fingerprint density at radius 1 is 0.938 bits per heavy atom. The van der Waals surface area contributed by atoms with E-state index in [1.54, 1.807) is 48.5 Å². The Morgan fingerprint density at radius 2 is 1.62 bits per heavy atom. The van der Waals surface area contributed by atoms with Crippen LogP contribution in [0.1, 0.15) is 41.6 Å². The molecule has 0 bridgehead atoms. The Bertz CT molecular complexity index is 1090. The number of piperidine rings is 1. The van der Waals surface area contributed by atoms with Crippen molar-refractivity contribution in [1.29, 1.82) is 0 Å². The first kappa shape index (κ1) is 22.5. The summed E-state index contributed by atoms with van der Waals surface area (Å²) in [6, 6.07) is 13.8. The van der Waals surface area contributed by atoms with Gasteiger partial charge in [0.15, 0.2) is 0 Å². The van der Waals surface area contributed by atoms with Crippen molar-refractivity contribution in [2.75, 3.05) is 31.5 Å². The molecule has 170 valence electrons. The Hall–Kier alpha value is -2.71. The maximum Gasteiger partial charge on any atom is 0.255 e. The number of carbonyl (C=O) groups excluding carboxylic acids is 2. The van der Waals surface area contributed by atoms with Gasteiger partial charge in [-0.1, -0.05) is 29.8 Å². The molecular formula is C24H29N3O4S. The van der Waals surface area contributed by atoms with Crippen LogP contribution in [0.25, 0.3) is 0 Å². The number of carbonyl (C=O) groups is 2. The van der Waals surface area contributed by atoms with Gasteiger partial charge in [0.2, 0.25) is 15.9 Å². The zero-order valence-electron chi connectivity index (χ0n) is 18.3. The summed E-state index contributed by atoms with van der Waals surface area (Å²) in [5.74, 6) is -0.806. The maximum atomic E-state index is 13.1. The number of hydrogen-bond donors (Lipinski definition) is 1. The summed E-state index contributed by atoms with van der Waals surface area (Å²) >= 11 is 0. The number of aryl methyl sites for hydroxylation is 1. The van der Waals surface area contributed by atoms with Crippen molar-refractivity contribution in [2.24, 2.45) is 5.92 Å². The molecule has 7 nitrogen and oxygen atoms in total. The SMILES string of the molecule is Cc1ccc(S(=O)(=O)N2CCC[C@H](C(=O)Nc3ccccc3C(=O)N3CCCC3)C2)cc1. The zero-order valence-corrected chi connectivity index (χ0v) is 19.1. The first-order valence-corrected chi connectivity index (χ1v) is 12.6. The number of hydrogen-bond acceptors (Lipinski definition) is 4. The Labute approximate surface area is 189 Å². The molecule has 1 atom stereocenters. The molecular weight excluding hydrogens is 426 g/mol. The second kappa shape index (κ2) is 9.42. The van der Waals surface area contributed by atoms with Crippen LogP contribution in [0.5, 0.6) is 0 Å². The van der Waals surface area contributed by atoms with E-state index in [0.29, 0.717) is 30.6 Å². The first-order valence-electron chi connectivity index (χ1n) is 11.1. The van der Waals surface area contributed by atoms with Crippen LogP contribution in [-0.2, 0) is 14.8 Å². The first-order chi connectivity index (χ1) is 15.4. The number of anilines is 1. The van der Waals surface area contributed by atoms with Crippen LogP contribution in [0, 0.1) is 12.8 Å². The lowest BCUT2D eigenvalue weighted by Crippen LogP contribution is -2.43. The largest absolute Gasteiger partial charge is 0.339 e. The minimum absolute atomic E-state index is 0.0781. The van der Waals surface area contributed by atoms with Crippen molar-refractivity contribution in [3.8, 4) is 0 Å². The molecule has 0 saturated carbocycles. The minimum atomic E-state index is -3.66. The van der Waals surface area contributed by atoms with E-state index in [-0.39, 0.29) is 23.3 Å². The molecule has 1 N–H and O–H groups in total. The summed E-state index contributed by atoms with van der Waals surface area (Å²) in [4.78, 5) is 28.0. The summed E-state index contributed by atoms with van der Waals surface area (Å²) in [5.41, 5.74) is 1.94. The number of likely N-dealkylation sites (tertiary alicyclic amines) is 1. The number of nitrogens with one attached hydrogen (secondary N) is 1. The minimum Gasteiger partial charge on any atom is -0.339 e. The molecule has 2 aromatic carbocycles. The van der Waals surface area contributed by atoms with E-state index < -0.39 is 15.9 Å². The van der Waals surface area contributed by atoms with Crippen molar-refractivity contribution in [2.45, 2.75) is 37.5 Å². The van der Waals surface area contributed by atoms with Gasteiger partial charge < -0.3 is 10.2 Å². The predicted octanol–water partition coefficient (Wildman–Crippen LogP) is 3.27. The monoisotopic (exact) mass is 455 g/mol. The van der Waals surface area contributed by atoms with Crippen LogP contribution in [0.3, 0.4) is 0 Å². The van der Waals surface area contributed by atoms with Gasteiger partial charge in [-0.25, -0.2) is 8.42 Å². The van der Waals surface area contributed by atoms with Gasteiger partial charge in [0.05, 0.1) is 22.1 Å². The van der Waals surface area contributed by atoms with Gasteiger partial charge in [-0.3, -0.25) is 9.59 Å². The molecule has 8 heteroatoms. The summed E-state index contributed by atoms with van der Waals surface area (Å²) in [7, 11) is -3.66. The third-order valence-corrected chi connectivity index (χ3v) is 8.10. The van der Waals surface area contributed by atoms with Gasteiger partial charge in [0.1, 0.15) is 0 Å². The van der Waals surface area contributed by atoms with E-state index in [4.69, 9.17) is 0 Å². The van der Waals surface area contributed by atoms with E-state index in [9.17, 15) is 18.0 Å². The molecule has 2 aliphatic rings. The number of benzene rings is 2. The van der Waals surface area contributed by atoms with E-state index >= 15 is 0 Å². The third-order valence-electron chi connectivity index (χ3n) is 6.22. The smallest absolute Gasteiger partial charge is 0.255 e. The molecule has 0 unspecified atom stereocenters. The zero-order chi connectivity index (χ0) is 22.7. The predicted molar refractivity (Wildman–Crippen MR) is 123 cm³/mol. The lowest BCUT2D eigenvalue weighted by Gasteiger charge is -2.31. The summed E-state index contributed by atoms with van der Waals surface area (Å²) in [6.45, 7) is 3.89. The standard InChI is InChI=1S/C24H29N3O4S/c1-18-10-12-20(13-11-18)32(30,31)27-16-6-7-19(17-27)23(28)25-22-9-3-2-8-21(22)24(29)26-14-4-5-15-26/h2-3,8-13,19H,4-7,14-17H2,1H3,(H,25,28)/t19-/m0/s1. The van der Waals surface area contributed by atoms with Crippen molar-refractivity contribution >= 4 is 27.5 Å². The van der Waals surface area contributed by atoms with Gasteiger partial charge in [-0.05, 0) is 56.9 Å². The van der Waals surface area contributed by atoms with Crippen LogP contribution < -0.4 is 5.32 Å². The molecule has 0 aliphatic carbocycles. The fraction of sp³-hybridized carbons (Fsp3) is 0.417. The van der Waals surface area contributed by atoms with Crippen molar-refractivity contribution in [1.82, 2.24) is 9.21 Å². The van der Waals surface area contributed by atoms with E-state index in [0.717, 1.165) is 31.5 Å². The second-order valence-corrected chi connectivity index (χ2v) is 10.5. The quantitative estimate of drug-likeness (QED) is 0.750. The highest BCUT2D eigenvalue weighted by Crippen LogP contribution is 2.26. The summed E-state index contributed by atoms with van der Waals surface area (Å²) in [6.07, 6.45) is 3.20. The fourth-order valence-electron chi connectivity index (χ4n) is 4.34.